The molecule has 2 N–H and O–H groups in total. The van der Waals surface area contributed by atoms with Crippen molar-refractivity contribution in [3.8, 4) is 6.07 Å². The van der Waals surface area contributed by atoms with Crippen molar-refractivity contribution in [2.75, 3.05) is 19.6 Å². The van der Waals surface area contributed by atoms with Crippen LogP contribution in [0.2, 0.25) is 0 Å². The molecule has 1 fully saturated rings. The Bertz CT molecular complexity index is 389. The molecule has 3 nitrogen and oxygen atoms in total. The van der Waals surface area contributed by atoms with E-state index in [0.29, 0.717) is 0 Å². The van der Waals surface area contributed by atoms with Gasteiger partial charge in [-0.15, -0.1) is 0 Å². The van der Waals surface area contributed by atoms with Crippen molar-refractivity contribution in [3.05, 3.63) is 35.4 Å². The molecule has 17 heavy (non-hydrogen) atoms. The molecule has 1 unspecified atom stereocenters. The first kappa shape index (κ1) is 12.1. The molecule has 3 heteroatoms. The monoisotopic (exact) mass is 229 g/mol. The lowest BCUT2D eigenvalue weighted by Gasteiger charge is -2.22. The zero-order valence-electron chi connectivity index (χ0n) is 10.1. The molecule has 0 aromatic heterocycles. The summed E-state index contributed by atoms with van der Waals surface area (Å²) in [4.78, 5) is 0. The van der Waals surface area contributed by atoms with E-state index in [1.165, 1.54) is 24.9 Å². The van der Waals surface area contributed by atoms with Gasteiger partial charge >= 0.3 is 0 Å². The Balaban J connectivity index is 1.75. The molecule has 0 spiro atoms. The Labute approximate surface area is 103 Å². The third-order valence-electron chi connectivity index (χ3n) is 3.22. The lowest BCUT2D eigenvalue weighted by molar-refractivity contribution is 0.360. The molecule has 0 radical (unpaired) electrons. The fourth-order valence-corrected chi connectivity index (χ4v) is 2.27. The Kier molecular flexibility index (Phi) is 4.54. The Morgan fingerprint density at radius 2 is 2.41 bits per heavy atom. The molecule has 1 aliphatic heterocycles. The summed E-state index contributed by atoms with van der Waals surface area (Å²) in [5, 5.41) is 15.7. The minimum absolute atomic E-state index is 0.739. The van der Waals surface area contributed by atoms with Crippen LogP contribution in [0.25, 0.3) is 0 Å². The predicted molar refractivity (Wildman–Crippen MR) is 68.5 cm³/mol. The number of hydrogen-bond acceptors (Lipinski definition) is 3. The lowest BCUT2D eigenvalue weighted by Crippen LogP contribution is -2.35. The summed E-state index contributed by atoms with van der Waals surface area (Å²) in [6.45, 7) is 4.21. The van der Waals surface area contributed by atoms with Crippen LogP contribution in [0.3, 0.4) is 0 Å². The van der Waals surface area contributed by atoms with E-state index in [1.54, 1.807) is 0 Å². The Hall–Kier alpha value is -1.37. The first-order chi connectivity index (χ1) is 8.38. The minimum atomic E-state index is 0.739. The zero-order chi connectivity index (χ0) is 11.9. The number of nitriles is 1. The van der Waals surface area contributed by atoms with Crippen molar-refractivity contribution >= 4 is 0 Å². The van der Waals surface area contributed by atoms with Crippen LogP contribution >= 0.6 is 0 Å². The number of piperidine rings is 1. The molecule has 90 valence electrons. The van der Waals surface area contributed by atoms with Crippen LogP contribution in [0.5, 0.6) is 0 Å². The summed E-state index contributed by atoms with van der Waals surface area (Å²) in [5.74, 6) is 0.753. The second kappa shape index (κ2) is 6.39. The number of nitrogens with one attached hydrogen (secondary N) is 2. The second-order valence-corrected chi connectivity index (χ2v) is 4.66. The van der Waals surface area contributed by atoms with Crippen LogP contribution < -0.4 is 10.6 Å². The second-order valence-electron chi connectivity index (χ2n) is 4.66. The van der Waals surface area contributed by atoms with Gasteiger partial charge in [-0.05, 0) is 56.1 Å². The van der Waals surface area contributed by atoms with Crippen molar-refractivity contribution in [1.29, 1.82) is 5.26 Å². The normalized spacial score (nSPS) is 19.8. The van der Waals surface area contributed by atoms with E-state index in [0.717, 1.165) is 31.1 Å². The van der Waals surface area contributed by atoms with E-state index < -0.39 is 0 Å². The highest BCUT2D eigenvalue weighted by Gasteiger charge is 2.11. The van der Waals surface area contributed by atoms with Gasteiger partial charge in [-0.3, -0.25) is 0 Å². The Morgan fingerprint density at radius 3 is 3.18 bits per heavy atom. The summed E-state index contributed by atoms with van der Waals surface area (Å²) < 4.78 is 0. The molecule has 1 heterocycles. The van der Waals surface area contributed by atoms with E-state index in [-0.39, 0.29) is 0 Å². The molecule has 1 saturated heterocycles. The molecule has 0 saturated carbocycles. The van der Waals surface area contributed by atoms with E-state index in [2.05, 4.69) is 22.8 Å². The average molecular weight is 229 g/mol. The van der Waals surface area contributed by atoms with Crippen molar-refractivity contribution in [1.82, 2.24) is 10.6 Å². The largest absolute Gasteiger partial charge is 0.316 e. The minimum Gasteiger partial charge on any atom is -0.316 e. The highest BCUT2D eigenvalue weighted by Crippen LogP contribution is 2.09. The van der Waals surface area contributed by atoms with Gasteiger partial charge in [0.25, 0.3) is 0 Å². The molecule has 0 aliphatic carbocycles. The molecular formula is C14H19N3. The highest BCUT2D eigenvalue weighted by atomic mass is 14.9. The number of nitrogens with zero attached hydrogens (tertiary/aromatic N) is 1. The predicted octanol–water partition coefficient (Wildman–Crippen LogP) is 1.65. The fraction of sp³-hybridized carbons (Fsp3) is 0.500. The van der Waals surface area contributed by atoms with Crippen LogP contribution in [-0.4, -0.2) is 19.6 Å². The number of hydrogen-bond donors (Lipinski definition) is 2. The van der Waals surface area contributed by atoms with Crippen molar-refractivity contribution in [2.24, 2.45) is 5.92 Å². The van der Waals surface area contributed by atoms with Gasteiger partial charge in [0, 0.05) is 6.54 Å². The summed E-state index contributed by atoms with van der Waals surface area (Å²) in [6, 6.07) is 9.97. The Morgan fingerprint density at radius 1 is 1.47 bits per heavy atom. The third kappa shape index (κ3) is 3.85. The van der Waals surface area contributed by atoms with Gasteiger partial charge in [0.15, 0.2) is 0 Å². The van der Waals surface area contributed by atoms with Gasteiger partial charge in [0.1, 0.15) is 0 Å². The van der Waals surface area contributed by atoms with Gasteiger partial charge < -0.3 is 10.6 Å². The van der Waals surface area contributed by atoms with Crippen molar-refractivity contribution in [3.63, 3.8) is 0 Å². The van der Waals surface area contributed by atoms with Crippen LogP contribution in [0.4, 0.5) is 0 Å². The summed E-state index contributed by atoms with van der Waals surface area (Å²) in [7, 11) is 0. The van der Waals surface area contributed by atoms with E-state index in [4.69, 9.17) is 5.26 Å². The first-order valence-corrected chi connectivity index (χ1v) is 6.29. The average Bonchev–Trinajstić information content (AvgIpc) is 2.40. The maximum atomic E-state index is 8.81. The van der Waals surface area contributed by atoms with Crippen LogP contribution in [-0.2, 0) is 6.54 Å². The maximum Gasteiger partial charge on any atom is 0.0991 e. The van der Waals surface area contributed by atoms with Crippen LogP contribution in [0.15, 0.2) is 24.3 Å². The molecular weight excluding hydrogens is 210 g/mol. The van der Waals surface area contributed by atoms with Gasteiger partial charge in [0.2, 0.25) is 0 Å². The number of rotatable bonds is 4. The zero-order valence-corrected chi connectivity index (χ0v) is 10.1. The van der Waals surface area contributed by atoms with Gasteiger partial charge in [-0.25, -0.2) is 0 Å². The van der Waals surface area contributed by atoms with Gasteiger partial charge in [-0.2, -0.15) is 5.26 Å². The van der Waals surface area contributed by atoms with E-state index in [9.17, 15) is 0 Å². The third-order valence-corrected chi connectivity index (χ3v) is 3.22. The topological polar surface area (TPSA) is 47.9 Å². The first-order valence-electron chi connectivity index (χ1n) is 6.29. The highest BCUT2D eigenvalue weighted by molar-refractivity contribution is 5.32. The van der Waals surface area contributed by atoms with E-state index in [1.807, 2.05) is 18.2 Å². The molecule has 2 rings (SSSR count). The molecule has 0 bridgehead atoms. The summed E-state index contributed by atoms with van der Waals surface area (Å²) in [5.41, 5.74) is 1.93. The standard InChI is InChI=1S/C14H19N3/c15-8-12-3-1-4-13(7-12)9-17-11-14-5-2-6-16-10-14/h1,3-4,7,14,16-17H,2,5-6,9-11H2. The fourth-order valence-electron chi connectivity index (χ4n) is 2.27. The summed E-state index contributed by atoms with van der Waals surface area (Å²) >= 11 is 0. The van der Waals surface area contributed by atoms with Crippen molar-refractivity contribution in [2.45, 2.75) is 19.4 Å². The van der Waals surface area contributed by atoms with Crippen LogP contribution in [0, 0.1) is 17.2 Å². The van der Waals surface area contributed by atoms with E-state index >= 15 is 0 Å². The maximum absolute atomic E-state index is 8.81. The quantitative estimate of drug-likeness (QED) is 0.825. The number of benzene rings is 1. The molecule has 1 atom stereocenters. The van der Waals surface area contributed by atoms with Gasteiger partial charge in [0.05, 0.1) is 11.6 Å². The molecule has 1 aromatic carbocycles. The lowest BCUT2D eigenvalue weighted by atomic mass is 10.00. The van der Waals surface area contributed by atoms with Gasteiger partial charge in [-0.1, -0.05) is 12.1 Å². The van der Waals surface area contributed by atoms with Crippen molar-refractivity contribution < 1.29 is 0 Å². The smallest absolute Gasteiger partial charge is 0.0991 e. The molecule has 0 amide bonds. The SMILES string of the molecule is N#Cc1cccc(CNCC2CCCNC2)c1. The van der Waals surface area contributed by atoms with Crippen LogP contribution in [0.1, 0.15) is 24.0 Å². The molecule has 1 aromatic rings. The summed E-state index contributed by atoms with van der Waals surface area (Å²) in [6.07, 6.45) is 2.61. The molecule has 1 aliphatic rings.